The topological polar surface area (TPSA) is 64.6 Å². The zero-order chi connectivity index (χ0) is 17.5. The number of carbonyl (C=O) groups is 1. The first-order valence-electron chi connectivity index (χ1n) is 8.66. The molecular formula is C17H30N6O. The van der Waals surface area contributed by atoms with Crippen LogP contribution in [-0.2, 0) is 11.3 Å². The maximum Gasteiger partial charge on any atom is 0.236 e. The molecular weight excluding hydrogens is 304 g/mol. The Balaban J connectivity index is 1.82. The first-order chi connectivity index (χ1) is 11.4. The average Bonchev–Trinajstić information content (AvgIpc) is 2.74. The fourth-order valence-electron chi connectivity index (χ4n) is 2.70. The Morgan fingerprint density at radius 3 is 2.42 bits per heavy atom. The van der Waals surface area contributed by atoms with Gasteiger partial charge in [-0.2, -0.15) is 0 Å². The van der Waals surface area contributed by atoms with Crippen LogP contribution in [0.3, 0.4) is 0 Å². The third-order valence-corrected chi connectivity index (χ3v) is 4.07. The lowest BCUT2D eigenvalue weighted by atomic mass is 10.3. The molecule has 1 saturated heterocycles. The van der Waals surface area contributed by atoms with Crippen molar-refractivity contribution in [2.24, 2.45) is 0 Å². The molecule has 2 heterocycles. The number of hydrogen-bond donors (Lipinski definition) is 1. The molecule has 1 aliphatic rings. The maximum atomic E-state index is 11.9. The van der Waals surface area contributed by atoms with Gasteiger partial charge in [0.1, 0.15) is 0 Å². The molecule has 0 atom stereocenters. The number of nitrogens with zero attached hydrogens (tertiary/aromatic N) is 5. The zero-order valence-electron chi connectivity index (χ0n) is 15.3. The van der Waals surface area contributed by atoms with Gasteiger partial charge < -0.3 is 10.2 Å². The van der Waals surface area contributed by atoms with Crippen LogP contribution >= 0.6 is 0 Å². The minimum atomic E-state index is 0.171. The molecule has 1 aromatic heterocycles. The monoisotopic (exact) mass is 334 g/mol. The van der Waals surface area contributed by atoms with Crippen molar-refractivity contribution in [2.45, 2.75) is 32.9 Å². The summed E-state index contributed by atoms with van der Waals surface area (Å²) in [5.74, 6) is 0.850. The van der Waals surface area contributed by atoms with Gasteiger partial charge in [0.05, 0.1) is 6.54 Å². The number of rotatable bonds is 6. The van der Waals surface area contributed by atoms with Crippen LogP contribution in [-0.4, -0.2) is 83.4 Å². The molecule has 7 nitrogen and oxygen atoms in total. The van der Waals surface area contributed by atoms with E-state index in [0.717, 1.165) is 44.7 Å². The molecule has 1 N–H and O–H groups in total. The first kappa shape index (κ1) is 18.6. The molecule has 1 aromatic rings. The van der Waals surface area contributed by atoms with Gasteiger partial charge in [-0.3, -0.25) is 14.6 Å². The molecule has 0 spiro atoms. The second-order valence-electron chi connectivity index (χ2n) is 6.91. The summed E-state index contributed by atoms with van der Waals surface area (Å²) in [4.78, 5) is 26.9. The summed E-state index contributed by atoms with van der Waals surface area (Å²) >= 11 is 0. The van der Waals surface area contributed by atoms with E-state index in [4.69, 9.17) is 0 Å². The van der Waals surface area contributed by atoms with E-state index in [1.54, 1.807) is 4.90 Å². The van der Waals surface area contributed by atoms with E-state index in [-0.39, 0.29) is 5.91 Å². The summed E-state index contributed by atoms with van der Waals surface area (Å²) in [6.45, 7) is 9.42. The molecule has 0 radical (unpaired) electrons. The summed E-state index contributed by atoms with van der Waals surface area (Å²) < 4.78 is 0. The SMILES string of the molecule is CC(C)Nc1ncc(CN2CCCN(CC(=O)N(C)C)CC2)cn1. The predicted octanol–water partition coefficient (Wildman–Crippen LogP) is 0.893. The molecule has 0 aromatic carbocycles. The number of hydrogen-bond acceptors (Lipinski definition) is 6. The molecule has 24 heavy (non-hydrogen) atoms. The molecule has 0 saturated carbocycles. The second-order valence-corrected chi connectivity index (χ2v) is 6.91. The third kappa shape index (κ3) is 6.05. The standard InChI is InChI=1S/C17H30N6O/c1-14(2)20-17-18-10-15(11-19-17)12-22-6-5-7-23(9-8-22)13-16(24)21(3)4/h10-11,14H,5-9,12-13H2,1-4H3,(H,18,19,20). The van der Waals surface area contributed by atoms with E-state index in [2.05, 4.69) is 38.9 Å². The third-order valence-electron chi connectivity index (χ3n) is 4.07. The Bertz CT molecular complexity index is 516. The van der Waals surface area contributed by atoms with Crippen molar-refractivity contribution < 1.29 is 4.79 Å². The molecule has 0 bridgehead atoms. The summed E-state index contributed by atoms with van der Waals surface area (Å²) in [6.07, 6.45) is 4.88. The van der Waals surface area contributed by atoms with Crippen molar-refractivity contribution in [3.8, 4) is 0 Å². The van der Waals surface area contributed by atoms with Gasteiger partial charge in [0.25, 0.3) is 0 Å². The molecule has 2 rings (SSSR count). The van der Waals surface area contributed by atoms with Gasteiger partial charge >= 0.3 is 0 Å². The minimum Gasteiger partial charge on any atom is -0.352 e. The van der Waals surface area contributed by atoms with Crippen molar-refractivity contribution in [3.05, 3.63) is 18.0 Å². The van der Waals surface area contributed by atoms with E-state index in [1.807, 2.05) is 26.5 Å². The maximum absolute atomic E-state index is 11.9. The number of likely N-dealkylation sites (N-methyl/N-ethyl adjacent to an activating group) is 1. The summed E-state index contributed by atoms with van der Waals surface area (Å²) in [7, 11) is 3.62. The van der Waals surface area contributed by atoms with E-state index < -0.39 is 0 Å². The quantitative estimate of drug-likeness (QED) is 0.834. The van der Waals surface area contributed by atoms with E-state index in [9.17, 15) is 4.79 Å². The molecule has 0 aliphatic carbocycles. The van der Waals surface area contributed by atoms with E-state index in [1.165, 1.54) is 0 Å². The highest BCUT2D eigenvalue weighted by Crippen LogP contribution is 2.09. The molecule has 134 valence electrons. The molecule has 7 heteroatoms. The van der Waals surface area contributed by atoms with Gasteiger partial charge in [0.15, 0.2) is 0 Å². The van der Waals surface area contributed by atoms with Crippen molar-refractivity contribution in [2.75, 3.05) is 52.1 Å². The minimum absolute atomic E-state index is 0.171. The average molecular weight is 334 g/mol. The summed E-state index contributed by atoms with van der Waals surface area (Å²) in [6, 6.07) is 0.331. The Morgan fingerprint density at radius 1 is 1.17 bits per heavy atom. The lowest BCUT2D eigenvalue weighted by molar-refractivity contribution is -0.129. The van der Waals surface area contributed by atoms with Gasteiger partial charge in [-0.1, -0.05) is 0 Å². The number of aromatic nitrogens is 2. The van der Waals surface area contributed by atoms with Crippen LogP contribution in [0.15, 0.2) is 12.4 Å². The number of carbonyl (C=O) groups excluding carboxylic acids is 1. The van der Waals surface area contributed by atoms with Gasteiger partial charge in [-0.05, 0) is 33.4 Å². The summed E-state index contributed by atoms with van der Waals surface area (Å²) in [5, 5.41) is 3.20. The normalized spacial score (nSPS) is 16.9. The second kappa shape index (κ2) is 8.94. The van der Waals surface area contributed by atoms with Gasteiger partial charge in [0.2, 0.25) is 11.9 Å². The smallest absolute Gasteiger partial charge is 0.236 e. The number of anilines is 1. The number of nitrogens with one attached hydrogen (secondary N) is 1. The Kier molecular flexibility index (Phi) is 6.93. The Labute approximate surface area is 145 Å². The van der Waals surface area contributed by atoms with E-state index >= 15 is 0 Å². The Morgan fingerprint density at radius 2 is 1.79 bits per heavy atom. The lowest BCUT2D eigenvalue weighted by Gasteiger charge is -2.22. The largest absolute Gasteiger partial charge is 0.352 e. The molecule has 1 fully saturated rings. The van der Waals surface area contributed by atoms with Crippen molar-refractivity contribution >= 4 is 11.9 Å². The fourth-order valence-corrected chi connectivity index (χ4v) is 2.70. The van der Waals surface area contributed by atoms with Crippen molar-refractivity contribution in [1.29, 1.82) is 0 Å². The van der Waals surface area contributed by atoms with Crippen LogP contribution in [0.1, 0.15) is 25.8 Å². The summed E-state index contributed by atoms with van der Waals surface area (Å²) in [5.41, 5.74) is 1.13. The van der Waals surface area contributed by atoms with Crippen molar-refractivity contribution in [1.82, 2.24) is 24.7 Å². The van der Waals surface area contributed by atoms with E-state index in [0.29, 0.717) is 18.5 Å². The van der Waals surface area contributed by atoms with Crippen LogP contribution in [0.25, 0.3) is 0 Å². The van der Waals surface area contributed by atoms with Gasteiger partial charge in [-0.25, -0.2) is 9.97 Å². The van der Waals surface area contributed by atoms with Gasteiger partial charge in [-0.15, -0.1) is 0 Å². The predicted molar refractivity (Wildman–Crippen MR) is 95.8 cm³/mol. The van der Waals surface area contributed by atoms with Crippen LogP contribution in [0, 0.1) is 0 Å². The van der Waals surface area contributed by atoms with Crippen LogP contribution in [0.2, 0.25) is 0 Å². The lowest BCUT2D eigenvalue weighted by Crippen LogP contribution is -2.38. The number of amides is 1. The highest BCUT2D eigenvalue weighted by molar-refractivity contribution is 5.77. The first-order valence-corrected chi connectivity index (χ1v) is 8.66. The zero-order valence-corrected chi connectivity index (χ0v) is 15.3. The highest BCUT2D eigenvalue weighted by atomic mass is 16.2. The Hall–Kier alpha value is -1.73. The van der Waals surface area contributed by atoms with Crippen LogP contribution in [0.5, 0.6) is 0 Å². The molecule has 1 aliphatic heterocycles. The molecule has 0 unspecified atom stereocenters. The van der Waals surface area contributed by atoms with Crippen molar-refractivity contribution in [3.63, 3.8) is 0 Å². The highest BCUT2D eigenvalue weighted by Gasteiger charge is 2.18. The van der Waals surface area contributed by atoms with Crippen LogP contribution < -0.4 is 5.32 Å². The van der Waals surface area contributed by atoms with Gasteiger partial charge in [0, 0.05) is 57.7 Å². The molecule has 1 amide bonds. The fraction of sp³-hybridized carbons (Fsp3) is 0.706. The van der Waals surface area contributed by atoms with Crippen LogP contribution in [0.4, 0.5) is 5.95 Å².